The van der Waals surface area contributed by atoms with E-state index in [1.807, 2.05) is 31.3 Å². The highest BCUT2D eigenvalue weighted by molar-refractivity contribution is 5.94. The molecule has 2 rings (SSSR count). The Hall–Kier alpha value is -1.13. The Kier molecular flexibility index (Phi) is 6.69. The Balaban J connectivity index is 0.00000112. The summed E-state index contributed by atoms with van der Waals surface area (Å²) in [6.07, 6.45) is 0. The number of rotatable bonds is 2. The largest absolute Gasteiger partial charge is 0.388 e. The van der Waals surface area contributed by atoms with Crippen molar-refractivity contribution in [3.8, 4) is 0 Å². The molecular formula is C10H16Cl2N4. The molecule has 6 heteroatoms. The Bertz CT molecular complexity index is 337. The molecule has 90 valence electrons. The first-order chi connectivity index (χ1) is 6.88. The lowest BCUT2D eigenvalue weighted by molar-refractivity contribution is 0.959. The van der Waals surface area contributed by atoms with Gasteiger partial charge >= 0.3 is 0 Å². The number of anilines is 2. The molecule has 1 aliphatic rings. The highest BCUT2D eigenvalue weighted by atomic mass is 35.5. The van der Waals surface area contributed by atoms with Crippen LogP contribution >= 0.6 is 24.8 Å². The summed E-state index contributed by atoms with van der Waals surface area (Å²) >= 11 is 0. The third-order valence-corrected chi connectivity index (χ3v) is 2.11. The molecule has 1 aromatic carbocycles. The van der Waals surface area contributed by atoms with E-state index in [-0.39, 0.29) is 24.8 Å². The van der Waals surface area contributed by atoms with Gasteiger partial charge in [0, 0.05) is 25.0 Å². The van der Waals surface area contributed by atoms with E-state index >= 15 is 0 Å². The van der Waals surface area contributed by atoms with Gasteiger partial charge in [-0.2, -0.15) is 0 Å². The van der Waals surface area contributed by atoms with Gasteiger partial charge in [0.1, 0.15) is 0 Å². The van der Waals surface area contributed by atoms with Gasteiger partial charge in [0.05, 0.1) is 6.54 Å². The number of nitrogens with one attached hydrogen (secondary N) is 3. The van der Waals surface area contributed by atoms with E-state index in [2.05, 4.69) is 20.9 Å². The summed E-state index contributed by atoms with van der Waals surface area (Å²) in [5.74, 6) is 0.863. The summed E-state index contributed by atoms with van der Waals surface area (Å²) in [7, 11) is 1.91. The summed E-state index contributed by atoms with van der Waals surface area (Å²) in [5.41, 5.74) is 2.16. The van der Waals surface area contributed by atoms with Crippen molar-refractivity contribution >= 4 is 42.1 Å². The first kappa shape index (κ1) is 14.9. The fourth-order valence-electron chi connectivity index (χ4n) is 1.34. The van der Waals surface area contributed by atoms with Crippen LogP contribution < -0.4 is 16.0 Å². The number of guanidine groups is 1. The van der Waals surface area contributed by atoms with E-state index in [1.165, 1.54) is 0 Å². The molecule has 0 bridgehead atoms. The third kappa shape index (κ3) is 3.79. The lowest BCUT2D eigenvalue weighted by Gasteiger charge is -2.07. The number of benzene rings is 1. The molecule has 0 fully saturated rings. The minimum Gasteiger partial charge on any atom is -0.388 e. The van der Waals surface area contributed by atoms with Gasteiger partial charge in [-0.3, -0.25) is 4.99 Å². The minimum absolute atomic E-state index is 0. The summed E-state index contributed by atoms with van der Waals surface area (Å²) in [6.45, 7) is 1.79. The smallest absolute Gasteiger partial charge is 0.195 e. The molecule has 0 amide bonds. The van der Waals surface area contributed by atoms with E-state index in [4.69, 9.17) is 0 Å². The fraction of sp³-hybridized carbons (Fsp3) is 0.300. The molecule has 1 heterocycles. The van der Waals surface area contributed by atoms with Crippen LogP contribution in [0.25, 0.3) is 0 Å². The van der Waals surface area contributed by atoms with Gasteiger partial charge in [0.15, 0.2) is 5.96 Å². The molecule has 0 saturated heterocycles. The van der Waals surface area contributed by atoms with Gasteiger partial charge in [-0.05, 0) is 24.3 Å². The Labute approximate surface area is 108 Å². The second-order valence-electron chi connectivity index (χ2n) is 3.11. The molecule has 3 N–H and O–H groups in total. The fourth-order valence-corrected chi connectivity index (χ4v) is 1.34. The van der Waals surface area contributed by atoms with Crippen molar-refractivity contribution in [2.24, 2.45) is 4.99 Å². The SMILES string of the molecule is CNc1ccc(NC2=NCCN2)cc1.Cl.Cl. The molecule has 4 nitrogen and oxygen atoms in total. The maximum Gasteiger partial charge on any atom is 0.195 e. The van der Waals surface area contributed by atoms with Crippen LogP contribution in [0.4, 0.5) is 11.4 Å². The van der Waals surface area contributed by atoms with Crippen LogP contribution in [0.2, 0.25) is 0 Å². The van der Waals surface area contributed by atoms with Crippen molar-refractivity contribution in [3.05, 3.63) is 24.3 Å². The minimum atomic E-state index is 0. The number of hydrogen-bond donors (Lipinski definition) is 3. The molecule has 0 spiro atoms. The predicted molar refractivity (Wildman–Crippen MR) is 74.4 cm³/mol. The van der Waals surface area contributed by atoms with Crippen LogP contribution in [-0.2, 0) is 0 Å². The van der Waals surface area contributed by atoms with Crippen molar-refractivity contribution in [1.82, 2.24) is 5.32 Å². The molecule has 1 aromatic rings. The molecule has 0 aliphatic carbocycles. The summed E-state index contributed by atoms with van der Waals surface area (Å²) < 4.78 is 0. The average Bonchev–Trinajstić information content (AvgIpc) is 2.72. The van der Waals surface area contributed by atoms with Crippen LogP contribution in [0.15, 0.2) is 29.3 Å². The van der Waals surface area contributed by atoms with E-state index in [9.17, 15) is 0 Å². The van der Waals surface area contributed by atoms with Crippen molar-refractivity contribution in [2.45, 2.75) is 0 Å². The zero-order chi connectivity index (χ0) is 9.80. The topological polar surface area (TPSA) is 48.5 Å². The van der Waals surface area contributed by atoms with E-state index in [0.29, 0.717) is 0 Å². The van der Waals surface area contributed by atoms with Gasteiger partial charge in [0.2, 0.25) is 0 Å². The van der Waals surface area contributed by atoms with Gasteiger partial charge in [-0.15, -0.1) is 24.8 Å². The number of halogens is 2. The second kappa shape index (κ2) is 7.19. The van der Waals surface area contributed by atoms with Gasteiger partial charge in [-0.25, -0.2) is 0 Å². The zero-order valence-electron chi connectivity index (χ0n) is 8.99. The molecular weight excluding hydrogens is 247 g/mol. The van der Waals surface area contributed by atoms with Crippen LogP contribution in [0.1, 0.15) is 0 Å². The second-order valence-corrected chi connectivity index (χ2v) is 3.11. The molecule has 16 heavy (non-hydrogen) atoms. The lowest BCUT2D eigenvalue weighted by atomic mass is 10.3. The van der Waals surface area contributed by atoms with Gasteiger partial charge in [0.25, 0.3) is 0 Å². The predicted octanol–water partition coefficient (Wildman–Crippen LogP) is 1.94. The van der Waals surface area contributed by atoms with Crippen molar-refractivity contribution in [2.75, 3.05) is 30.8 Å². The molecule has 0 saturated carbocycles. The zero-order valence-corrected chi connectivity index (χ0v) is 10.6. The number of nitrogens with zero attached hydrogens (tertiary/aromatic N) is 1. The van der Waals surface area contributed by atoms with Crippen molar-refractivity contribution in [3.63, 3.8) is 0 Å². The first-order valence-corrected chi connectivity index (χ1v) is 4.71. The Morgan fingerprint density at radius 3 is 2.25 bits per heavy atom. The van der Waals surface area contributed by atoms with Crippen LogP contribution in [0, 0.1) is 0 Å². The first-order valence-electron chi connectivity index (χ1n) is 4.71. The highest BCUT2D eigenvalue weighted by Crippen LogP contribution is 2.12. The summed E-state index contributed by atoms with van der Waals surface area (Å²) in [6, 6.07) is 8.10. The molecule has 0 atom stereocenters. The normalized spacial score (nSPS) is 12.7. The average molecular weight is 263 g/mol. The van der Waals surface area contributed by atoms with Gasteiger partial charge in [-0.1, -0.05) is 0 Å². The quantitative estimate of drug-likeness (QED) is 0.764. The lowest BCUT2D eigenvalue weighted by Crippen LogP contribution is -2.26. The van der Waals surface area contributed by atoms with Crippen LogP contribution in [0.5, 0.6) is 0 Å². The van der Waals surface area contributed by atoms with Crippen molar-refractivity contribution < 1.29 is 0 Å². The highest BCUT2D eigenvalue weighted by Gasteiger charge is 2.03. The molecule has 0 radical (unpaired) electrons. The summed E-state index contributed by atoms with van der Waals surface area (Å²) in [4.78, 5) is 4.25. The molecule has 0 unspecified atom stereocenters. The van der Waals surface area contributed by atoms with Crippen LogP contribution in [-0.4, -0.2) is 26.1 Å². The monoisotopic (exact) mass is 262 g/mol. The van der Waals surface area contributed by atoms with E-state index < -0.39 is 0 Å². The Morgan fingerprint density at radius 1 is 1.12 bits per heavy atom. The van der Waals surface area contributed by atoms with E-state index in [0.717, 1.165) is 30.4 Å². The molecule has 1 aliphatic heterocycles. The molecule has 0 aromatic heterocycles. The summed E-state index contributed by atoms with van der Waals surface area (Å²) in [5, 5.41) is 9.43. The number of aliphatic imine (C=N–C) groups is 1. The van der Waals surface area contributed by atoms with Gasteiger partial charge < -0.3 is 16.0 Å². The maximum atomic E-state index is 4.25. The number of hydrogen-bond acceptors (Lipinski definition) is 4. The van der Waals surface area contributed by atoms with Crippen molar-refractivity contribution in [1.29, 1.82) is 0 Å². The van der Waals surface area contributed by atoms with E-state index in [1.54, 1.807) is 0 Å². The maximum absolute atomic E-state index is 4.25. The van der Waals surface area contributed by atoms with Crippen LogP contribution in [0.3, 0.4) is 0 Å². The Morgan fingerprint density at radius 2 is 1.75 bits per heavy atom. The standard InChI is InChI=1S/C10H14N4.2ClH/c1-11-8-2-4-9(5-3-8)14-10-12-6-7-13-10;;/h2-5,11H,6-7H2,1H3,(H2,12,13,14);2*1H. The third-order valence-electron chi connectivity index (χ3n) is 2.11.